The second-order valence-electron chi connectivity index (χ2n) is 10.8. The molecule has 2 aromatic carbocycles. The number of hydrogen-bond donors (Lipinski definition) is 2. The van der Waals surface area contributed by atoms with E-state index >= 15 is 0 Å². The van der Waals surface area contributed by atoms with Crippen molar-refractivity contribution in [1.29, 1.82) is 0 Å². The van der Waals surface area contributed by atoms with Crippen molar-refractivity contribution in [3.05, 3.63) is 70.8 Å². The van der Waals surface area contributed by atoms with Crippen LogP contribution in [0.25, 0.3) is 0 Å². The molecule has 0 spiro atoms. The fourth-order valence-corrected chi connectivity index (χ4v) is 6.07. The lowest BCUT2D eigenvalue weighted by Gasteiger charge is -2.24. The zero-order valence-electron chi connectivity index (χ0n) is 21.8. The molecule has 2 aromatic rings. The zero-order valence-corrected chi connectivity index (χ0v) is 21.8. The highest BCUT2D eigenvalue weighted by Gasteiger charge is 2.41. The number of rotatable bonds is 6. The van der Waals surface area contributed by atoms with E-state index in [9.17, 15) is 14.7 Å². The Bertz CT molecular complexity index is 979. The van der Waals surface area contributed by atoms with E-state index in [4.69, 9.17) is 0 Å². The third-order valence-corrected chi connectivity index (χ3v) is 7.80. The Kier molecular flexibility index (Phi) is 9.03. The molecule has 1 aliphatic carbocycles. The molecule has 0 aromatic heterocycles. The third-order valence-electron chi connectivity index (χ3n) is 7.80. The van der Waals surface area contributed by atoms with Crippen molar-refractivity contribution in [2.75, 3.05) is 32.7 Å². The number of likely N-dealkylation sites (tertiary alicyclic amines) is 2. The van der Waals surface area contributed by atoms with Crippen molar-refractivity contribution in [2.45, 2.75) is 58.4 Å². The number of carbonyl (C=O) groups excluding carboxylic acids is 1. The second kappa shape index (κ2) is 12.4. The Balaban J connectivity index is 0.000000543. The minimum atomic E-state index is -0.993. The standard InChI is InChI=1S/C25H31N3O3.C5H10/c1-17-10-18(2)12-20(11-17)24(29)28-15-21-13-27(14-22(21)16-28)9-8-23(26-25(30)31)19-6-4-3-5-7-19;1-2-4-5-3-1/h3-7,10-12,21-23,26H,8-9,13-16H2,1-2H3,(H,30,31);1-5H2/t21-,22?,23?;/m0./s1. The summed E-state index contributed by atoms with van der Waals surface area (Å²) in [6, 6.07) is 15.6. The van der Waals surface area contributed by atoms with Crippen LogP contribution in [-0.4, -0.2) is 59.6 Å². The largest absolute Gasteiger partial charge is 0.465 e. The molecule has 194 valence electrons. The minimum absolute atomic E-state index is 0.141. The maximum atomic E-state index is 13.0. The summed E-state index contributed by atoms with van der Waals surface area (Å²) >= 11 is 0. The van der Waals surface area contributed by atoms with E-state index in [2.05, 4.69) is 16.3 Å². The molecule has 2 amide bonds. The smallest absolute Gasteiger partial charge is 0.405 e. The van der Waals surface area contributed by atoms with Crippen molar-refractivity contribution < 1.29 is 14.7 Å². The van der Waals surface area contributed by atoms with Gasteiger partial charge >= 0.3 is 6.09 Å². The fraction of sp³-hybridized carbons (Fsp3) is 0.533. The molecule has 5 rings (SSSR count). The van der Waals surface area contributed by atoms with E-state index in [1.54, 1.807) is 0 Å². The molecule has 2 unspecified atom stereocenters. The fourth-order valence-electron chi connectivity index (χ4n) is 6.07. The van der Waals surface area contributed by atoms with Crippen LogP contribution in [0.5, 0.6) is 0 Å². The van der Waals surface area contributed by atoms with Gasteiger partial charge in [0.2, 0.25) is 0 Å². The van der Waals surface area contributed by atoms with E-state index in [-0.39, 0.29) is 11.9 Å². The van der Waals surface area contributed by atoms with Crippen molar-refractivity contribution in [2.24, 2.45) is 11.8 Å². The van der Waals surface area contributed by atoms with Crippen LogP contribution in [-0.2, 0) is 0 Å². The van der Waals surface area contributed by atoms with E-state index < -0.39 is 6.09 Å². The van der Waals surface area contributed by atoms with E-state index in [1.807, 2.05) is 61.2 Å². The highest BCUT2D eigenvalue weighted by Crippen LogP contribution is 2.32. The summed E-state index contributed by atoms with van der Waals surface area (Å²) in [6.07, 6.45) is 7.24. The van der Waals surface area contributed by atoms with Crippen molar-refractivity contribution in [3.63, 3.8) is 0 Å². The molecule has 0 bridgehead atoms. The molecule has 6 heteroatoms. The maximum Gasteiger partial charge on any atom is 0.405 e. The van der Waals surface area contributed by atoms with E-state index in [0.717, 1.165) is 61.4 Å². The van der Waals surface area contributed by atoms with Gasteiger partial charge in [-0.1, -0.05) is 79.6 Å². The highest BCUT2D eigenvalue weighted by atomic mass is 16.4. The Hall–Kier alpha value is -2.86. The molecule has 3 fully saturated rings. The average Bonchev–Trinajstić information content (AvgIpc) is 3.60. The van der Waals surface area contributed by atoms with Gasteiger partial charge in [0.15, 0.2) is 0 Å². The molecule has 1 saturated carbocycles. The third kappa shape index (κ3) is 7.10. The van der Waals surface area contributed by atoms with Gasteiger partial charge in [-0.05, 0) is 49.8 Å². The summed E-state index contributed by atoms with van der Waals surface area (Å²) < 4.78 is 0. The summed E-state index contributed by atoms with van der Waals surface area (Å²) in [5.41, 5.74) is 4.03. The summed E-state index contributed by atoms with van der Waals surface area (Å²) in [5.74, 6) is 1.14. The Morgan fingerprint density at radius 2 is 1.44 bits per heavy atom. The normalized spacial score (nSPS) is 22.0. The monoisotopic (exact) mass is 491 g/mol. The summed E-state index contributed by atoms with van der Waals surface area (Å²) in [6.45, 7) is 8.46. The van der Waals surface area contributed by atoms with Gasteiger partial charge in [0.25, 0.3) is 5.91 Å². The first-order valence-electron chi connectivity index (χ1n) is 13.5. The molecular weight excluding hydrogens is 450 g/mol. The lowest BCUT2D eigenvalue weighted by atomic mass is 10.0. The lowest BCUT2D eigenvalue weighted by Crippen LogP contribution is -2.35. The van der Waals surface area contributed by atoms with Gasteiger partial charge < -0.3 is 20.2 Å². The van der Waals surface area contributed by atoms with Gasteiger partial charge in [-0.2, -0.15) is 0 Å². The molecule has 3 atom stereocenters. The maximum absolute atomic E-state index is 13.0. The number of aryl methyl sites for hydroxylation is 2. The number of nitrogens with zero attached hydrogens (tertiary/aromatic N) is 2. The molecule has 2 saturated heterocycles. The quantitative estimate of drug-likeness (QED) is 0.547. The highest BCUT2D eigenvalue weighted by molar-refractivity contribution is 5.94. The second-order valence-corrected chi connectivity index (χ2v) is 10.8. The number of nitrogens with one attached hydrogen (secondary N) is 1. The number of hydrogen-bond acceptors (Lipinski definition) is 3. The summed E-state index contributed by atoms with van der Waals surface area (Å²) in [5, 5.41) is 11.9. The molecule has 3 aliphatic rings. The predicted molar refractivity (Wildman–Crippen MR) is 143 cm³/mol. The lowest BCUT2D eigenvalue weighted by molar-refractivity contribution is 0.0773. The van der Waals surface area contributed by atoms with Crippen LogP contribution < -0.4 is 5.32 Å². The SMILES string of the molecule is C1CCCC1.Cc1cc(C)cc(C(=O)N2CC3CN(CCC(NC(=O)O)c4ccccc4)C[C@H]3C2)c1. The van der Waals surface area contributed by atoms with Gasteiger partial charge in [0.1, 0.15) is 0 Å². The predicted octanol–water partition coefficient (Wildman–Crippen LogP) is 5.66. The summed E-state index contributed by atoms with van der Waals surface area (Å²) in [4.78, 5) is 28.7. The van der Waals surface area contributed by atoms with Gasteiger partial charge in [0, 0.05) is 38.3 Å². The Morgan fingerprint density at radius 1 is 0.889 bits per heavy atom. The average molecular weight is 492 g/mol. The van der Waals surface area contributed by atoms with Crippen molar-refractivity contribution in [1.82, 2.24) is 15.1 Å². The van der Waals surface area contributed by atoms with Gasteiger partial charge in [0.05, 0.1) is 6.04 Å². The van der Waals surface area contributed by atoms with Crippen LogP contribution in [0.4, 0.5) is 4.79 Å². The van der Waals surface area contributed by atoms with Crippen molar-refractivity contribution >= 4 is 12.0 Å². The molecule has 36 heavy (non-hydrogen) atoms. The van der Waals surface area contributed by atoms with Crippen LogP contribution >= 0.6 is 0 Å². The van der Waals surface area contributed by atoms with Crippen LogP contribution in [0, 0.1) is 25.7 Å². The first-order valence-corrected chi connectivity index (χ1v) is 13.5. The minimum Gasteiger partial charge on any atom is -0.465 e. The van der Waals surface area contributed by atoms with Gasteiger partial charge in [-0.3, -0.25) is 4.79 Å². The number of fused-ring (bicyclic) bond motifs is 1. The molecule has 2 heterocycles. The van der Waals surface area contributed by atoms with E-state index in [0.29, 0.717) is 11.8 Å². The Morgan fingerprint density at radius 3 is 1.97 bits per heavy atom. The van der Waals surface area contributed by atoms with Crippen LogP contribution in [0.3, 0.4) is 0 Å². The van der Waals surface area contributed by atoms with Crippen LogP contribution in [0.1, 0.15) is 71.6 Å². The zero-order chi connectivity index (χ0) is 25.5. The van der Waals surface area contributed by atoms with Crippen molar-refractivity contribution in [3.8, 4) is 0 Å². The van der Waals surface area contributed by atoms with E-state index in [1.165, 1.54) is 32.1 Å². The van der Waals surface area contributed by atoms with Crippen LogP contribution in [0.2, 0.25) is 0 Å². The summed E-state index contributed by atoms with van der Waals surface area (Å²) in [7, 11) is 0. The van der Waals surface area contributed by atoms with Crippen LogP contribution in [0.15, 0.2) is 48.5 Å². The topological polar surface area (TPSA) is 72.9 Å². The first-order chi connectivity index (χ1) is 17.4. The number of amides is 2. The number of benzene rings is 2. The van der Waals surface area contributed by atoms with Gasteiger partial charge in [-0.25, -0.2) is 4.79 Å². The molecule has 2 N–H and O–H groups in total. The molecular formula is C30H41N3O3. The molecule has 6 nitrogen and oxygen atoms in total. The molecule has 0 radical (unpaired) electrons. The van der Waals surface area contributed by atoms with Gasteiger partial charge in [-0.15, -0.1) is 0 Å². The number of carboxylic acid groups (broad SMARTS) is 1. The number of carbonyl (C=O) groups is 2. The first kappa shape index (κ1) is 26.2. The molecule has 2 aliphatic heterocycles. The Labute approximate surface area is 215 Å².